The van der Waals surface area contributed by atoms with Crippen molar-refractivity contribution in [3.8, 4) is 11.5 Å². The van der Waals surface area contributed by atoms with Gasteiger partial charge in [-0.25, -0.2) is 0 Å². The van der Waals surface area contributed by atoms with Gasteiger partial charge in [0.15, 0.2) is 5.76 Å². The zero-order valence-electron chi connectivity index (χ0n) is 20.1. The number of rotatable bonds is 7. The lowest BCUT2D eigenvalue weighted by molar-refractivity contribution is -0.118. The number of aromatic hydroxyl groups is 1. The average Bonchev–Trinajstić information content (AvgIpc) is 2.85. The normalized spacial score (nSPS) is 19.9. The zero-order valence-corrected chi connectivity index (χ0v) is 20.1. The fraction of sp³-hybridized carbons (Fsp3) is 0.370. The molecule has 0 radical (unpaired) electrons. The monoisotopic (exact) mass is 491 g/mol. The molecule has 3 atom stereocenters. The molecule has 9 nitrogen and oxygen atoms in total. The number of carbonyl (C=O) groups is 1. The van der Waals surface area contributed by atoms with Crippen molar-refractivity contribution in [2.45, 2.75) is 37.8 Å². The molecular formula is C27H29N3O6. The molecule has 3 N–H and O–H groups in total. The minimum atomic E-state index is -0.722. The number of nitrogens with zero attached hydrogens (tertiary/aromatic N) is 2. The highest BCUT2D eigenvalue weighted by atomic mass is 16.5. The number of piperidine rings is 1. The van der Waals surface area contributed by atoms with Crippen molar-refractivity contribution < 1.29 is 19.1 Å². The molecule has 1 saturated heterocycles. The van der Waals surface area contributed by atoms with Crippen LogP contribution in [0.3, 0.4) is 0 Å². The van der Waals surface area contributed by atoms with Crippen LogP contribution < -0.4 is 21.5 Å². The van der Waals surface area contributed by atoms with E-state index < -0.39 is 23.0 Å². The van der Waals surface area contributed by atoms with Gasteiger partial charge in [0.25, 0.3) is 5.56 Å². The van der Waals surface area contributed by atoms with Gasteiger partial charge in [0.05, 0.1) is 19.6 Å². The summed E-state index contributed by atoms with van der Waals surface area (Å²) in [6.45, 7) is 2.53. The van der Waals surface area contributed by atoms with Crippen molar-refractivity contribution in [1.29, 1.82) is 0 Å². The topological polar surface area (TPSA) is 128 Å². The molecule has 3 aromatic rings. The van der Waals surface area contributed by atoms with Gasteiger partial charge in [-0.05, 0) is 36.1 Å². The Bertz CT molecular complexity index is 1390. The lowest BCUT2D eigenvalue weighted by Crippen LogP contribution is -2.46. The molecule has 2 aliphatic rings. The van der Waals surface area contributed by atoms with Gasteiger partial charge in [-0.2, -0.15) is 0 Å². The molecule has 1 amide bonds. The van der Waals surface area contributed by atoms with Crippen molar-refractivity contribution in [2.24, 2.45) is 11.7 Å². The van der Waals surface area contributed by atoms with E-state index in [1.54, 1.807) is 43.5 Å². The van der Waals surface area contributed by atoms with Crippen molar-refractivity contribution in [3.05, 3.63) is 91.9 Å². The Balaban J connectivity index is 1.44. The van der Waals surface area contributed by atoms with Crippen LogP contribution in [0.2, 0.25) is 0 Å². The van der Waals surface area contributed by atoms with Crippen molar-refractivity contribution in [3.63, 3.8) is 0 Å². The number of primary amides is 1. The number of aromatic nitrogens is 1. The predicted molar refractivity (Wildman–Crippen MR) is 132 cm³/mol. The minimum Gasteiger partial charge on any atom is -0.502 e. The van der Waals surface area contributed by atoms with Gasteiger partial charge < -0.3 is 24.6 Å². The SMILES string of the molecule is COc1ccc([C@H](CC(N)=O)c2oc(CN3C[C@H]4C[C@@H](C3)c3cccc(=O)n3C4)cc(=O)c2O)cc1. The van der Waals surface area contributed by atoms with Crippen LogP contribution in [0.15, 0.2) is 62.5 Å². The fourth-order valence-corrected chi connectivity index (χ4v) is 5.61. The quantitative estimate of drug-likeness (QED) is 0.518. The number of hydrogen-bond acceptors (Lipinski definition) is 7. The smallest absolute Gasteiger partial charge is 0.250 e. The Morgan fingerprint density at radius 3 is 2.67 bits per heavy atom. The molecule has 188 valence electrons. The summed E-state index contributed by atoms with van der Waals surface area (Å²) in [6.07, 6.45) is 0.883. The summed E-state index contributed by atoms with van der Waals surface area (Å²) in [5.74, 6) is -0.225. The molecule has 0 unspecified atom stereocenters. The number of methoxy groups -OCH3 is 1. The minimum absolute atomic E-state index is 0.0237. The molecule has 2 aliphatic heterocycles. The van der Waals surface area contributed by atoms with Gasteiger partial charge in [0.1, 0.15) is 11.5 Å². The number of likely N-dealkylation sites (tertiary alicyclic amines) is 1. The van der Waals surface area contributed by atoms with E-state index in [1.807, 2.05) is 10.6 Å². The van der Waals surface area contributed by atoms with Gasteiger partial charge in [0.2, 0.25) is 17.1 Å². The highest BCUT2D eigenvalue weighted by molar-refractivity contribution is 5.75. The van der Waals surface area contributed by atoms with Gasteiger partial charge in [0, 0.05) is 49.8 Å². The Morgan fingerprint density at radius 2 is 1.94 bits per heavy atom. The maximum absolute atomic E-state index is 12.7. The van der Waals surface area contributed by atoms with E-state index in [0.29, 0.717) is 36.1 Å². The first-order chi connectivity index (χ1) is 17.3. The number of ether oxygens (including phenoxy) is 1. The molecule has 0 aliphatic carbocycles. The number of fused-ring (bicyclic) bond motifs is 4. The third kappa shape index (κ3) is 4.66. The number of pyridine rings is 1. The number of benzene rings is 1. The first-order valence-corrected chi connectivity index (χ1v) is 12.0. The van der Waals surface area contributed by atoms with Gasteiger partial charge in [-0.15, -0.1) is 0 Å². The standard InChI is InChI=1S/C27H29N3O6/c1-35-19-7-5-17(6-8-19)21(11-24(28)32)27-26(34)23(31)10-20(36-27)15-29-12-16-9-18(14-29)22-3-2-4-25(33)30(22)13-16/h2-8,10,16,18,21,34H,9,11-15H2,1H3,(H2,28,32)/t16-,18+,21+/m1/s1. The second-order valence-corrected chi connectivity index (χ2v) is 9.68. The summed E-state index contributed by atoms with van der Waals surface area (Å²) in [6, 6.07) is 13.7. The molecule has 1 aromatic carbocycles. The van der Waals surface area contributed by atoms with Crippen molar-refractivity contribution in [1.82, 2.24) is 9.47 Å². The largest absolute Gasteiger partial charge is 0.502 e. The Labute approximate surface area is 207 Å². The predicted octanol–water partition coefficient (Wildman–Crippen LogP) is 2.14. The average molecular weight is 492 g/mol. The summed E-state index contributed by atoms with van der Waals surface area (Å²) in [4.78, 5) is 39.1. The first-order valence-electron chi connectivity index (χ1n) is 12.0. The molecule has 1 fully saturated rings. The van der Waals surface area contributed by atoms with Crippen LogP contribution in [0.5, 0.6) is 11.5 Å². The van der Waals surface area contributed by atoms with Crippen LogP contribution in [0, 0.1) is 5.92 Å². The van der Waals surface area contributed by atoms with Crippen LogP contribution in [0.1, 0.15) is 47.5 Å². The molecule has 5 rings (SSSR count). The molecule has 0 spiro atoms. The number of hydrogen-bond donors (Lipinski definition) is 2. The van der Waals surface area contributed by atoms with Gasteiger partial charge in [-0.3, -0.25) is 19.3 Å². The van der Waals surface area contributed by atoms with E-state index in [0.717, 1.165) is 25.2 Å². The number of nitrogens with two attached hydrogens (primary N) is 1. The van der Waals surface area contributed by atoms with Crippen LogP contribution in [-0.2, 0) is 17.9 Å². The van der Waals surface area contributed by atoms with E-state index >= 15 is 0 Å². The van der Waals surface area contributed by atoms with E-state index in [4.69, 9.17) is 14.9 Å². The fourth-order valence-electron chi connectivity index (χ4n) is 5.61. The maximum atomic E-state index is 12.7. The van der Waals surface area contributed by atoms with Gasteiger partial charge >= 0.3 is 0 Å². The highest BCUT2D eigenvalue weighted by Crippen LogP contribution is 2.37. The van der Waals surface area contributed by atoms with Crippen molar-refractivity contribution in [2.75, 3.05) is 20.2 Å². The van der Waals surface area contributed by atoms with E-state index in [1.165, 1.54) is 6.07 Å². The Morgan fingerprint density at radius 1 is 1.17 bits per heavy atom. The highest BCUT2D eigenvalue weighted by Gasteiger charge is 2.35. The van der Waals surface area contributed by atoms with Crippen LogP contribution in [0.25, 0.3) is 0 Å². The first kappa shape index (κ1) is 23.9. The molecule has 36 heavy (non-hydrogen) atoms. The van der Waals surface area contributed by atoms with Gasteiger partial charge in [-0.1, -0.05) is 18.2 Å². The number of amides is 1. The molecule has 4 heterocycles. The van der Waals surface area contributed by atoms with E-state index in [-0.39, 0.29) is 23.7 Å². The Kier molecular flexibility index (Phi) is 6.40. The summed E-state index contributed by atoms with van der Waals surface area (Å²) < 4.78 is 13.2. The second-order valence-electron chi connectivity index (χ2n) is 9.68. The summed E-state index contributed by atoms with van der Waals surface area (Å²) in [5, 5.41) is 10.6. The lowest BCUT2D eigenvalue weighted by Gasteiger charge is -2.42. The van der Waals surface area contributed by atoms with Crippen LogP contribution in [-0.4, -0.2) is 40.7 Å². The van der Waals surface area contributed by atoms with E-state index in [9.17, 15) is 19.5 Å². The summed E-state index contributed by atoms with van der Waals surface area (Å²) >= 11 is 0. The maximum Gasteiger partial charge on any atom is 0.250 e. The van der Waals surface area contributed by atoms with Crippen LogP contribution >= 0.6 is 0 Å². The summed E-state index contributed by atoms with van der Waals surface area (Å²) in [5.41, 5.74) is 6.67. The zero-order chi connectivity index (χ0) is 25.4. The second kappa shape index (κ2) is 9.66. The van der Waals surface area contributed by atoms with Crippen LogP contribution in [0.4, 0.5) is 0 Å². The summed E-state index contributed by atoms with van der Waals surface area (Å²) in [7, 11) is 1.55. The molecule has 2 bridgehead atoms. The van der Waals surface area contributed by atoms with Crippen molar-refractivity contribution >= 4 is 5.91 Å². The third-order valence-corrected chi connectivity index (χ3v) is 7.17. The lowest BCUT2D eigenvalue weighted by atomic mass is 9.83. The van der Waals surface area contributed by atoms with E-state index in [2.05, 4.69) is 4.90 Å². The molecule has 0 saturated carbocycles. The number of carbonyl (C=O) groups excluding carboxylic acids is 1. The molecule has 9 heteroatoms. The molecule has 2 aromatic heterocycles. The Hall–Kier alpha value is -3.85. The molecular weight excluding hydrogens is 462 g/mol. The third-order valence-electron chi connectivity index (χ3n) is 7.17.